The molecule has 1 saturated carbocycles. The van der Waals surface area contributed by atoms with E-state index in [2.05, 4.69) is 5.32 Å². The Hall–Kier alpha value is -1.06. The van der Waals surface area contributed by atoms with Gasteiger partial charge in [-0.05, 0) is 33.1 Å². The summed E-state index contributed by atoms with van der Waals surface area (Å²) in [6.07, 6.45) is 4.11. The first kappa shape index (κ1) is 12.4. The zero-order valence-electron chi connectivity index (χ0n) is 11.0. The van der Waals surface area contributed by atoms with E-state index in [1.54, 1.807) is 13.8 Å². The van der Waals surface area contributed by atoms with Crippen molar-refractivity contribution in [1.82, 2.24) is 10.2 Å². The Morgan fingerprint density at radius 2 is 2.00 bits per heavy atom. The monoisotopic (exact) mass is 238 g/mol. The molecule has 0 radical (unpaired) electrons. The van der Waals surface area contributed by atoms with Crippen LogP contribution < -0.4 is 5.32 Å². The number of nitrogens with zero attached hydrogens (tertiary/aromatic N) is 1. The van der Waals surface area contributed by atoms with Gasteiger partial charge in [0.05, 0.1) is 0 Å². The molecule has 1 aliphatic heterocycles. The van der Waals surface area contributed by atoms with Crippen LogP contribution in [0.2, 0.25) is 0 Å². The topological polar surface area (TPSA) is 49.4 Å². The van der Waals surface area contributed by atoms with Gasteiger partial charge in [-0.25, -0.2) is 0 Å². The molecule has 4 nitrogen and oxygen atoms in total. The van der Waals surface area contributed by atoms with Crippen LogP contribution in [0.15, 0.2) is 0 Å². The first-order valence-electron chi connectivity index (χ1n) is 6.52. The molecule has 1 heterocycles. The van der Waals surface area contributed by atoms with E-state index >= 15 is 0 Å². The molecule has 1 unspecified atom stereocenters. The van der Waals surface area contributed by atoms with Gasteiger partial charge in [-0.3, -0.25) is 9.59 Å². The maximum atomic E-state index is 12.4. The van der Waals surface area contributed by atoms with Crippen molar-refractivity contribution in [3.05, 3.63) is 0 Å². The molecule has 1 N–H and O–H groups in total. The highest BCUT2D eigenvalue weighted by molar-refractivity contribution is 5.93. The van der Waals surface area contributed by atoms with Gasteiger partial charge in [-0.2, -0.15) is 0 Å². The lowest BCUT2D eigenvalue weighted by molar-refractivity contribution is -0.138. The lowest BCUT2D eigenvalue weighted by atomic mass is 10.0. The number of carbonyl (C=O) groups is 2. The molecule has 2 amide bonds. The third-order valence-corrected chi connectivity index (χ3v) is 3.74. The fourth-order valence-electron chi connectivity index (χ4n) is 2.44. The Morgan fingerprint density at radius 3 is 2.59 bits per heavy atom. The van der Waals surface area contributed by atoms with E-state index < -0.39 is 5.54 Å². The Morgan fingerprint density at radius 1 is 1.35 bits per heavy atom. The van der Waals surface area contributed by atoms with Crippen LogP contribution >= 0.6 is 0 Å². The molecule has 4 heteroatoms. The first-order valence-corrected chi connectivity index (χ1v) is 6.52. The van der Waals surface area contributed by atoms with Gasteiger partial charge >= 0.3 is 0 Å². The van der Waals surface area contributed by atoms with Crippen molar-refractivity contribution in [1.29, 1.82) is 0 Å². The average molecular weight is 238 g/mol. The second-order valence-corrected chi connectivity index (χ2v) is 5.96. The van der Waals surface area contributed by atoms with Crippen LogP contribution in [0.3, 0.4) is 0 Å². The van der Waals surface area contributed by atoms with E-state index in [1.165, 1.54) is 12.8 Å². The van der Waals surface area contributed by atoms with Gasteiger partial charge in [0, 0.05) is 19.0 Å². The minimum atomic E-state index is -0.759. The zero-order valence-corrected chi connectivity index (χ0v) is 11.0. The van der Waals surface area contributed by atoms with Crippen molar-refractivity contribution < 1.29 is 9.59 Å². The van der Waals surface area contributed by atoms with E-state index in [-0.39, 0.29) is 17.9 Å². The highest BCUT2D eigenvalue weighted by atomic mass is 16.2. The summed E-state index contributed by atoms with van der Waals surface area (Å²) in [6.45, 7) is 6.33. The van der Waals surface area contributed by atoms with Crippen LogP contribution in [-0.4, -0.2) is 34.8 Å². The summed E-state index contributed by atoms with van der Waals surface area (Å²) in [5.74, 6) is 0.839. The summed E-state index contributed by atoms with van der Waals surface area (Å²) in [4.78, 5) is 25.9. The third kappa shape index (κ3) is 2.79. The summed E-state index contributed by atoms with van der Waals surface area (Å²) in [6, 6.07) is 0.0167. The molecule has 0 bridgehead atoms. The standard InChI is InChI=1S/C13H22N2O2/c1-9-8-11(16)14-13(2,3)12(17)15(9)7-6-10-4-5-10/h9-10H,4-8H2,1-3H3,(H,14,16). The molecule has 1 atom stereocenters. The molecule has 1 aliphatic carbocycles. The molecule has 0 aromatic carbocycles. The first-order chi connectivity index (χ1) is 7.90. The second kappa shape index (κ2) is 4.31. The lowest BCUT2D eigenvalue weighted by Crippen LogP contribution is -2.53. The Balaban J connectivity index is 2.08. The van der Waals surface area contributed by atoms with E-state index in [0.29, 0.717) is 6.42 Å². The van der Waals surface area contributed by atoms with Crippen LogP contribution in [0.1, 0.15) is 46.5 Å². The highest BCUT2D eigenvalue weighted by Gasteiger charge is 2.39. The molecular weight excluding hydrogens is 216 g/mol. The molecule has 0 spiro atoms. The minimum Gasteiger partial charge on any atom is -0.342 e. The van der Waals surface area contributed by atoms with Crippen molar-refractivity contribution in [3.63, 3.8) is 0 Å². The predicted molar refractivity (Wildman–Crippen MR) is 65.4 cm³/mol. The van der Waals surface area contributed by atoms with Gasteiger partial charge in [0.2, 0.25) is 11.8 Å². The zero-order chi connectivity index (χ0) is 12.6. The molecule has 0 aromatic rings. The van der Waals surface area contributed by atoms with Crippen LogP contribution in [0, 0.1) is 5.92 Å². The van der Waals surface area contributed by atoms with Crippen LogP contribution in [0.5, 0.6) is 0 Å². The largest absolute Gasteiger partial charge is 0.342 e. The lowest BCUT2D eigenvalue weighted by Gasteiger charge is -2.32. The maximum Gasteiger partial charge on any atom is 0.247 e. The van der Waals surface area contributed by atoms with Gasteiger partial charge < -0.3 is 10.2 Å². The number of hydrogen-bond donors (Lipinski definition) is 1. The Labute approximate surface area is 103 Å². The molecule has 2 aliphatic rings. The summed E-state index contributed by atoms with van der Waals surface area (Å²) >= 11 is 0. The second-order valence-electron chi connectivity index (χ2n) is 5.96. The fraction of sp³-hybridized carbons (Fsp3) is 0.846. The van der Waals surface area contributed by atoms with E-state index in [1.807, 2.05) is 11.8 Å². The van der Waals surface area contributed by atoms with Gasteiger partial charge in [0.15, 0.2) is 0 Å². The summed E-state index contributed by atoms with van der Waals surface area (Å²) in [7, 11) is 0. The van der Waals surface area contributed by atoms with Crippen LogP contribution in [0.25, 0.3) is 0 Å². The maximum absolute atomic E-state index is 12.4. The van der Waals surface area contributed by atoms with Gasteiger partial charge in [0.25, 0.3) is 0 Å². The molecule has 2 rings (SSSR count). The van der Waals surface area contributed by atoms with E-state index in [9.17, 15) is 9.59 Å². The fourth-order valence-corrected chi connectivity index (χ4v) is 2.44. The van der Waals surface area contributed by atoms with Crippen molar-refractivity contribution in [2.24, 2.45) is 5.92 Å². The van der Waals surface area contributed by atoms with Gasteiger partial charge in [-0.15, -0.1) is 0 Å². The normalized spacial score (nSPS) is 28.9. The Kier molecular flexibility index (Phi) is 3.15. The van der Waals surface area contributed by atoms with E-state index in [0.717, 1.165) is 18.9 Å². The molecule has 17 heavy (non-hydrogen) atoms. The van der Waals surface area contributed by atoms with Crippen molar-refractivity contribution in [2.45, 2.75) is 58.0 Å². The highest BCUT2D eigenvalue weighted by Crippen LogP contribution is 2.33. The van der Waals surface area contributed by atoms with Crippen molar-refractivity contribution in [3.8, 4) is 0 Å². The number of nitrogens with one attached hydrogen (secondary N) is 1. The molecule has 1 saturated heterocycles. The van der Waals surface area contributed by atoms with Crippen molar-refractivity contribution in [2.75, 3.05) is 6.54 Å². The molecular formula is C13H22N2O2. The quantitative estimate of drug-likeness (QED) is 0.805. The average Bonchev–Trinajstić information content (AvgIpc) is 2.99. The third-order valence-electron chi connectivity index (χ3n) is 3.74. The smallest absolute Gasteiger partial charge is 0.247 e. The SMILES string of the molecule is CC1CC(=O)NC(C)(C)C(=O)N1CCC1CC1. The minimum absolute atomic E-state index is 0.0167. The van der Waals surface area contributed by atoms with Gasteiger partial charge in [-0.1, -0.05) is 12.8 Å². The van der Waals surface area contributed by atoms with Crippen LogP contribution in [0.4, 0.5) is 0 Å². The Bertz CT molecular complexity index is 334. The molecule has 0 aromatic heterocycles. The van der Waals surface area contributed by atoms with Crippen LogP contribution in [-0.2, 0) is 9.59 Å². The summed E-state index contributed by atoms with van der Waals surface area (Å²) < 4.78 is 0. The summed E-state index contributed by atoms with van der Waals surface area (Å²) in [5, 5.41) is 2.80. The van der Waals surface area contributed by atoms with Crippen molar-refractivity contribution >= 4 is 11.8 Å². The number of hydrogen-bond acceptors (Lipinski definition) is 2. The number of amides is 2. The van der Waals surface area contributed by atoms with Gasteiger partial charge in [0.1, 0.15) is 5.54 Å². The predicted octanol–water partition coefficient (Wildman–Crippen LogP) is 1.30. The molecule has 2 fully saturated rings. The van der Waals surface area contributed by atoms with E-state index in [4.69, 9.17) is 0 Å². The molecule has 96 valence electrons. The summed E-state index contributed by atoms with van der Waals surface area (Å²) in [5.41, 5.74) is -0.759. The number of carbonyl (C=O) groups excluding carboxylic acids is 2. The number of rotatable bonds is 3.